The molecule has 0 heteroatoms. The summed E-state index contributed by atoms with van der Waals surface area (Å²) in [6.45, 7) is 20.4. The first-order valence-electron chi connectivity index (χ1n) is 13.3. The van der Waals surface area contributed by atoms with E-state index in [2.05, 4.69) is 61.5 Å². The van der Waals surface area contributed by atoms with Crippen LogP contribution in [0.1, 0.15) is 126 Å². The van der Waals surface area contributed by atoms with E-state index in [0.717, 1.165) is 17.8 Å². The predicted molar refractivity (Wildman–Crippen MR) is 131 cm³/mol. The Morgan fingerprint density at radius 2 is 1.60 bits per heavy atom. The van der Waals surface area contributed by atoms with Gasteiger partial charge in [0.2, 0.25) is 0 Å². The largest absolute Gasteiger partial charge is 0.0856 e. The zero-order valence-corrected chi connectivity index (χ0v) is 21.6. The van der Waals surface area contributed by atoms with Crippen LogP contribution in [-0.2, 0) is 0 Å². The molecule has 3 fully saturated rings. The highest BCUT2D eigenvalue weighted by Crippen LogP contribution is 2.74. The fourth-order valence-corrected chi connectivity index (χ4v) is 9.86. The molecule has 0 aromatic heterocycles. The van der Waals surface area contributed by atoms with Crippen LogP contribution in [0.15, 0.2) is 22.8 Å². The summed E-state index contributed by atoms with van der Waals surface area (Å²) in [4.78, 5) is 0. The van der Waals surface area contributed by atoms with Crippen molar-refractivity contribution in [3.05, 3.63) is 22.8 Å². The van der Waals surface area contributed by atoms with Gasteiger partial charge in [0.1, 0.15) is 0 Å². The van der Waals surface area contributed by atoms with Crippen molar-refractivity contribution in [2.45, 2.75) is 126 Å². The van der Waals surface area contributed by atoms with E-state index in [-0.39, 0.29) is 0 Å². The lowest BCUT2D eigenvalue weighted by molar-refractivity contribution is -0.205. The van der Waals surface area contributed by atoms with Crippen molar-refractivity contribution in [1.29, 1.82) is 0 Å². The number of hydrogen-bond acceptors (Lipinski definition) is 0. The maximum atomic E-state index is 2.77. The molecule has 0 spiro atoms. The molecule has 0 aliphatic heterocycles. The molecule has 0 unspecified atom stereocenters. The van der Waals surface area contributed by atoms with Crippen molar-refractivity contribution in [2.75, 3.05) is 0 Å². The predicted octanol–water partition coefficient (Wildman–Crippen LogP) is 9.51. The monoisotopic (exact) mass is 410 g/mol. The summed E-state index contributed by atoms with van der Waals surface area (Å²) in [7, 11) is 0. The molecular weight excluding hydrogens is 360 g/mol. The summed E-state index contributed by atoms with van der Waals surface area (Å²) >= 11 is 0. The van der Waals surface area contributed by atoms with Crippen LogP contribution in [-0.4, -0.2) is 0 Å². The first-order valence-corrected chi connectivity index (χ1v) is 13.3. The van der Waals surface area contributed by atoms with E-state index in [9.17, 15) is 0 Å². The topological polar surface area (TPSA) is 0 Å². The molecule has 0 saturated heterocycles. The molecule has 6 atom stereocenters. The van der Waals surface area contributed by atoms with Gasteiger partial charge in [-0.1, -0.05) is 63.8 Å². The molecule has 3 saturated carbocycles. The molecule has 0 amide bonds. The van der Waals surface area contributed by atoms with E-state index in [4.69, 9.17) is 0 Å². The summed E-state index contributed by atoms with van der Waals surface area (Å²) in [6, 6.07) is 0. The molecule has 0 bridgehead atoms. The summed E-state index contributed by atoms with van der Waals surface area (Å²) < 4.78 is 0. The van der Waals surface area contributed by atoms with Gasteiger partial charge in [0, 0.05) is 0 Å². The highest BCUT2D eigenvalue weighted by molar-refractivity contribution is 5.28. The zero-order chi connectivity index (χ0) is 21.9. The van der Waals surface area contributed by atoms with Gasteiger partial charge in [-0.05, 0) is 124 Å². The lowest BCUT2D eigenvalue weighted by Gasteiger charge is -2.71. The molecule has 170 valence electrons. The SMILES string of the molecule is CC(C)=CCCC1=C(C)CC[C@]2(C)[C@@H]1CC[C@@H]1[C@@]3(C)CCCC(C)(C)[C@@H]3CC[C@]12C. The Balaban J connectivity index is 1.67. The highest BCUT2D eigenvalue weighted by atomic mass is 14.7. The van der Waals surface area contributed by atoms with Gasteiger partial charge in [-0.15, -0.1) is 0 Å². The minimum Gasteiger partial charge on any atom is -0.0856 e. The first kappa shape index (κ1) is 22.7. The first-order chi connectivity index (χ1) is 14.0. The highest BCUT2D eigenvalue weighted by Gasteiger charge is 2.66. The fraction of sp³-hybridized carbons (Fsp3) is 0.867. The summed E-state index contributed by atoms with van der Waals surface area (Å²) in [6.07, 6.45) is 18.1. The van der Waals surface area contributed by atoms with Crippen LogP contribution in [0.25, 0.3) is 0 Å². The Labute approximate surface area is 188 Å². The third kappa shape index (κ3) is 3.21. The van der Waals surface area contributed by atoms with Gasteiger partial charge in [0.05, 0.1) is 0 Å². The lowest BCUT2D eigenvalue weighted by atomic mass is 9.34. The number of rotatable bonds is 3. The molecule has 0 heterocycles. The van der Waals surface area contributed by atoms with Crippen LogP contribution >= 0.6 is 0 Å². The van der Waals surface area contributed by atoms with Gasteiger partial charge in [0.15, 0.2) is 0 Å². The van der Waals surface area contributed by atoms with Crippen molar-refractivity contribution in [1.82, 2.24) is 0 Å². The van der Waals surface area contributed by atoms with E-state index in [1.807, 2.05) is 5.57 Å². The Morgan fingerprint density at radius 3 is 2.30 bits per heavy atom. The lowest BCUT2D eigenvalue weighted by Crippen LogP contribution is -2.63. The van der Waals surface area contributed by atoms with E-state index < -0.39 is 0 Å². The molecule has 4 aliphatic rings. The molecule has 4 aliphatic carbocycles. The normalized spacial score (nSPS) is 45.3. The number of fused-ring (bicyclic) bond motifs is 5. The zero-order valence-electron chi connectivity index (χ0n) is 21.6. The molecule has 0 nitrogen and oxygen atoms in total. The molecule has 30 heavy (non-hydrogen) atoms. The summed E-state index contributed by atoms with van der Waals surface area (Å²) in [5.41, 5.74) is 7.25. The van der Waals surface area contributed by atoms with E-state index in [0.29, 0.717) is 21.7 Å². The molecule has 0 aromatic carbocycles. The minimum atomic E-state index is 0.505. The van der Waals surface area contributed by atoms with Crippen LogP contribution < -0.4 is 0 Å². The fourth-order valence-electron chi connectivity index (χ4n) is 9.86. The maximum absolute atomic E-state index is 2.77. The molecule has 0 radical (unpaired) electrons. The van der Waals surface area contributed by atoms with Crippen LogP contribution in [0.5, 0.6) is 0 Å². The Bertz CT molecular complexity index is 731. The van der Waals surface area contributed by atoms with Crippen molar-refractivity contribution in [2.24, 2.45) is 39.4 Å². The second-order valence-electron chi connectivity index (χ2n) is 13.6. The van der Waals surface area contributed by atoms with Crippen LogP contribution in [0.3, 0.4) is 0 Å². The van der Waals surface area contributed by atoms with Gasteiger partial charge >= 0.3 is 0 Å². The molecular formula is C30H50. The average Bonchev–Trinajstić information content (AvgIpc) is 2.64. The standard InChI is InChI=1S/C30H50/c1-21(2)11-9-12-23-22(3)15-19-29(7)24(23)13-14-26-28(6)18-10-17-27(4,5)25(28)16-20-30(26,29)8/h11,24-26H,9-10,12-20H2,1-8H3/t24-,25+,26-,28+,29-,30-/m1/s1. The van der Waals surface area contributed by atoms with E-state index in [1.165, 1.54) is 76.2 Å². The quantitative estimate of drug-likeness (QED) is 0.406. The third-order valence-corrected chi connectivity index (χ3v) is 11.6. The second-order valence-corrected chi connectivity index (χ2v) is 13.6. The van der Waals surface area contributed by atoms with Crippen LogP contribution in [0.4, 0.5) is 0 Å². The van der Waals surface area contributed by atoms with Crippen molar-refractivity contribution in [3.8, 4) is 0 Å². The Hall–Kier alpha value is -0.520. The van der Waals surface area contributed by atoms with Gasteiger partial charge in [-0.2, -0.15) is 0 Å². The Morgan fingerprint density at radius 1 is 0.867 bits per heavy atom. The Kier molecular flexibility index (Phi) is 5.68. The van der Waals surface area contributed by atoms with E-state index >= 15 is 0 Å². The smallest absolute Gasteiger partial charge is 0.0141 e. The third-order valence-electron chi connectivity index (χ3n) is 11.6. The number of hydrogen-bond donors (Lipinski definition) is 0. The summed E-state index contributed by atoms with van der Waals surface area (Å²) in [5, 5.41) is 0. The minimum absolute atomic E-state index is 0.505. The van der Waals surface area contributed by atoms with Gasteiger partial charge in [-0.3, -0.25) is 0 Å². The van der Waals surface area contributed by atoms with Gasteiger partial charge in [0.25, 0.3) is 0 Å². The molecule has 0 N–H and O–H groups in total. The average molecular weight is 411 g/mol. The number of allylic oxidation sites excluding steroid dienone is 4. The van der Waals surface area contributed by atoms with Crippen molar-refractivity contribution in [3.63, 3.8) is 0 Å². The van der Waals surface area contributed by atoms with Crippen LogP contribution in [0.2, 0.25) is 0 Å². The van der Waals surface area contributed by atoms with Crippen molar-refractivity contribution < 1.29 is 0 Å². The maximum Gasteiger partial charge on any atom is -0.0141 e. The molecule has 4 rings (SSSR count). The van der Waals surface area contributed by atoms with Crippen molar-refractivity contribution >= 4 is 0 Å². The van der Waals surface area contributed by atoms with Crippen LogP contribution in [0, 0.1) is 39.4 Å². The summed E-state index contributed by atoms with van der Waals surface area (Å²) in [5.74, 6) is 2.71. The second kappa shape index (κ2) is 7.52. The van der Waals surface area contributed by atoms with Gasteiger partial charge in [-0.25, -0.2) is 0 Å². The van der Waals surface area contributed by atoms with E-state index in [1.54, 1.807) is 5.57 Å². The molecule has 0 aromatic rings. The van der Waals surface area contributed by atoms with Gasteiger partial charge < -0.3 is 0 Å².